The summed E-state index contributed by atoms with van der Waals surface area (Å²) in [5.74, 6) is 0. The van der Waals surface area contributed by atoms with Crippen LogP contribution in [0.1, 0.15) is 11.7 Å². The number of aliphatic hydroxyl groups is 1. The second-order valence-electron chi connectivity index (χ2n) is 2.37. The van der Waals surface area contributed by atoms with Crippen molar-refractivity contribution in [3.05, 3.63) is 22.4 Å². The minimum absolute atomic E-state index is 0.0644. The monoisotopic (exact) mass is 156 g/mol. The lowest BCUT2D eigenvalue weighted by molar-refractivity contribution is 0.137. The molecule has 0 aliphatic carbocycles. The van der Waals surface area contributed by atoms with Gasteiger partial charge in [-0.15, -0.1) is 0 Å². The van der Waals surface area contributed by atoms with Gasteiger partial charge in [-0.05, 0) is 22.4 Å². The number of ether oxygens (including phenoxy) is 1. The molecule has 54 valence electrons. The van der Waals surface area contributed by atoms with Gasteiger partial charge in [-0.2, -0.15) is 11.3 Å². The molecule has 1 aliphatic rings. The molecule has 2 heterocycles. The van der Waals surface area contributed by atoms with Crippen molar-refractivity contribution < 1.29 is 9.84 Å². The first kappa shape index (κ1) is 6.34. The Bertz CT molecular complexity index is 203. The molecule has 0 spiro atoms. The fourth-order valence-corrected chi connectivity index (χ4v) is 1.59. The third-order valence-electron chi connectivity index (χ3n) is 1.60. The van der Waals surface area contributed by atoms with Gasteiger partial charge in [0.2, 0.25) is 0 Å². The molecule has 1 N–H and O–H groups in total. The molecular weight excluding hydrogens is 148 g/mol. The Morgan fingerprint density at radius 2 is 2.60 bits per heavy atom. The van der Waals surface area contributed by atoms with E-state index in [0.29, 0.717) is 6.61 Å². The van der Waals surface area contributed by atoms with Gasteiger partial charge >= 0.3 is 0 Å². The molecule has 2 atom stereocenters. The first-order valence-electron chi connectivity index (χ1n) is 3.19. The van der Waals surface area contributed by atoms with E-state index in [1.165, 1.54) is 0 Å². The van der Waals surface area contributed by atoms with Crippen molar-refractivity contribution in [2.75, 3.05) is 6.61 Å². The molecule has 2 rings (SSSR count). The fourth-order valence-electron chi connectivity index (χ4n) is 0.896. The molecule has 2 unspecified atom stereocenters. The van der Waals surface area contributed by atoms with E-state index in [1.807, 2.05) is 16.8 Å². The largest absolute Gasteiger partial charge is 0.386 e. The SMILES string of the molecule is OC(c1ccsc1)C1CO1. The van der Waals surface area contributed by atoms with Crippen LogP contribution >= 0.6 is 11.3 Å². The maximum Gasteiger partial charge on any atom is 0.111 e. The molecule has 10 heavy (non-hydrogen) atoms. The summed E-state index contributed by atoms with van der Waals surface area (Å²) < 4.78 is 4.95. The van der Waals surface area contributed by atoms with Gasteiger partial charge in [0.05, 0.1) is 6.61 Å². The van der Waals surface area contributed by atoms with E-state index in [9.17, 15) is 5.11 Å². The van der Waals surface area contributed by atoms with E-state index < -0.39 is 6.10 Å². The maximum atomic E-state index is 9.43. The highest BCUT2D eigenvalue weighted by atomic mass is 32.1. The Hall–Kier alpha value is -0.380. The summed E-state index contributed by atoms with van der Waals surface area (Å²) in [6, 6.07) is 1.93. The van der Waals surface area contributed by atoms with Crippen LogP contribution in [0.15, 0.2) is 16.8 Å². The molecule has 2 nitrogen and oxygen atoms in total. The molecular formula is C7H8O2S. The van der Waals surface area contributed by atoms with Crippen LogP contribution in [-0.2, 0) is 4.74 Å². The van der Waals surface area contributed by atoms with E-state index in [2.05, 4.69) is 0 Å². The van der Waals surface area contributed by atoms with Crippen LogP contribution in [0.2, 0.25) is 0 Å². The minimum atomic E-state index is -0.397. The Morgan fingerprint density at radius 3 is 3.10 bits per heavy atom. The lowest BCUT2D eigenvalue weighted by Gasteiger charge is -2.01. The Morgan fingerprint density at radius 1 is 1.80 bits per heavy atom. The summed E-state index contributed by atoms with van der Waals surface area (Å²) in [5, 5.41) is 13.3. The van der Waals surface area contributed by atoms with E-state index >= 15 is 0 Å². The van der Waals surface area contributed by atoms with Gasteiger partial charge in [-0.1, -0.05) is 0 Å². The van der Waals surface area contributed by atoms with Crippen LogP contribution in [-0.4, -0.2) is 17.8 Å². The molecule has 1 fully saturated rings. The predicted octanol–water partition coefficient (Wildman–Crippen LogP) is 1.18. The topological polar surface area (TPSA) is 32.8 Å². The highest BCUT2D eigenvalue weighted by Crippen LogP contribution is 2.28. The summed E-state index contributed by atoms with van der Waals surface area (Å²) in [6.07, 6.45) is -0.333. The lowest BCUT2D eigenvalue weighted by Crippen LogP contribution is -2.02. The molecule has 0 radical (unpaired) electrons. The summed E-state index contributed by atoms with van der Waals surface area (Å²) in [7, 11) is 0. The van der Waals surface area contributed by atoms with E-state index in [0.717, 1.165) is 5.56 Å². The Kier molecular flexibility index (Phi) is 1.48. The summed E-state index contributed by atoms with van der Waals surface area (Å²) in [5.41, 5.74) is 0.979. The molecule has 1 aromatic heterocycles. The third kappa shape index (κ3) is 1.08. The van der Waals surface area contributed by atoms with Crippen molar-refractivity contribution in [2.24, 2.45) is 0 Å². The highest BCUT2D eigenvalue weighted by molar-refractivity contribution is 7.07. The minimum Gasteiger partial charge on any atom is -0.386 e. The summed E-state index contributed by atoms with van der Waals surface area (Å²) in [6.45, 7) is 0.705. The quantitative estimate of drug-likeness (QED) is 0.652. The molecule has 0 bridgehead atoms. The highest BCUT2D eigenvalue weighted by Gasteiger charge is 2.32. The second kappa shape index (κ2) is 2.34. The number of epoxide rings is 1. The van der Waals surface area contributed by atoms with Gasteiger partial charge in [0.25, 0.3) is 0 Å². The van der Waals surface area contributed by atoms with Crippen molar-refractivity contribution in [1.82, 2.24) is 0 Å². The lowest BCUT2D eigenvalue weighted by atomic mass is 10.1. The van der Waals surface area contributed by atoms with Gasteiger partial charge in [0.15, 0.2) is 0 Å². The molecule has 1 aliphatic heterocycles. The van der Waals surface area contributed by atoms with E-state index in [-0.39, 0.29) is 6.10 Å². The zero-order valence-corrected chi connectivity index (χ0v) is 6.17. The van der Waals surface area contributed by atoms with Crippen LogP contribution in [0.25, 0.3) is 0 Å². The number of aliphatic hydroxyl groups excluding tert-OH is 1. The normalized spacial score (nSPS) is 26.3. The molecule has 0 amide bonds. The van der Waals surface area contributed by atoms with Crippen LogP contribution in [0.4, 0.5) is 0 Å². The zero-order valence-electron chi connectivity index (χ0n) is 5.36. The van der Waals surface area contributed by atoms with Gasteiger partial charge in [-0.3, -0.25) is 0 Å². The molecule has 0 saturated carbocycles. The summed E-state index contributed by atoms with van der Waals surface area (Å²) >= 11 is 1.60. The Balaban J connectivity index is 2.11. The second-order valence-corrected chi connectivity index (χ2v) is 3.15. The average molecular weight is 156 g/mol. The molecule has 0 aromatic carbocycles. The zero-order chi connectivity index (χ0) is 6.97. The predicted molar refractivity (Wildman–Crippen MR) is 39.0 cm³/mol. The van der Waals surface area contributed by atoms with Crippen LogP contribution in [0, 0.1) is 0 Å². The standard InChI is InChI=1S/C7H8O2S/c8-7(6-3-9-6)5-1-2-10-4-5/h1-2,4,6-8H,3H2. The smallest absolute Gasteiger partial charge is 0.111 e. The van der Waals surface area contributed by atoms with Crippen molar-refractivity contribution in [2.45, 2.75) is 12.2 Å². The first-order valence-corrected chi connectivity index (χ1v) is 4.14. The van der Waals surface area contributed by atoms with E-state index in [1.54, 1.807) is 11.3 Å². The van der Waals surface area contributed by atoms with Crippen molar-refractivity contribution in [3.8, 4) is 0 Å². The maximum absolute atomic E-state index is 9.43. The fraction of sp³-hybridized carbons (Fsp3) is 0.429. The van der Waals surface area contributed by atoms with Gasteiger partial charge in [0, 0.05) is 0 Å². The molecule has 1 aromatic rings. The van der Waals surface area contributed by atoms with Crippen LogP contribution in [0.5, 0.6) is 0 Å². The third-order valence-corrected chi connectivity index (χ3v) is 2.30. The average Bonchev–Trinajstić information content (AvgIpc) is 2.65. The number of thiophene rings is 1. The summed E-state index contributed by atoms with van der Waals surface area (Å²) in [4.78, 5) is 0. The Labute approximate surface area is 63.1 Å². The van der Waals surface area contributed by atoms with Crippen molar-refractivity contribution >= 4 is 11.3 Å². The van der Waals surface area contributed by atoms with Crippen LogP contribution in [0.3, 0.4) is 0 Å². The van der Waals surface area contributed by atoms with Crippen molar-refractivity contribution in [1.29, 1.82) is 0 Å². The van der Waals surface area contributed by atoms with Crippen molar-refractivity contribution in [3.63, 3.8) is 0 Å². The van der Waals surface area contributed by atoms with Crippen LogP contribution < -0.4 is 0 Å². The van der Waals surface area contributed by atoms with Gasteiger partial charge < -0.3 is 9.84 Å². The number of hydrogen-bond acceptors (Lipinski definition) is 3. The molecule has 3 heteroatoms. The number of hydrogen-bond donors (Lipinski definition) is 1. The van der Waals surface area contributed by atoms with Gasteiger partial charge in [0.1, 0.15) is 12.2 Å². The van der Waals surface area contributed by atoms with Gasteiger partial charge in [-0.25, -0.2) is 0 Å². The molecule has 1 saturated heterocycles. The first-order chi connectivity index (χ1) is 4.88. The van der Waals surface area contributed by atoms with E-state index in [4.69, 9.17) is 4.74 Å². The number of rotatable bonds is 2.